The van der Waals surface area contributed by atoms with Gasteiger partial charge in [-0.05, 0) is 70.4 Å². The Hall–Kier alpha value is -1.06. The minimum Gasteiger partial charge on any atom is -0.497 e. The van der Waals surface area contributed by atoms with Crippen molar-refractivity contribution < 1.29 is 4.74 Å². The molecule has 1 aliphatic heterocycles. The van der Waals surface area contributed by atoms with Gasteiger partial charge in [0.2, 0.25) is 0 Å². The lowest BCUT2D eigenvalue weighted by atomic mass is 9.95. The Morgan fingerprint density at radius 2 is 2.05 bits per heavy atom. The molecule has 1 fully saturated rings. The minimum atomic E-state index is 0.612. The first kappa shape index (κ1) is 16.3. The summed E-state index contributed by atoms with van der Waals surface area (Å²) in [5.74, 6) is 0.941. The van der Waals surface area contributed by atoms with Crippen LogP contribution in [0.3, 0.4) is 0 Å². The molecule has 0 spiro atoms. The molecule has 2 unspecified atom stereocenters. The molecule has 3 nitrogen and oxygen atoms in total. The fourth-order valence-electron chi connectivity index (χ4n) is 3.44. The van der Waals surface area contributed by atoms with Crippen LogP contribution < -0.4 is 10.1 Å². The number of likely N-dealkylation sites (tertiary alicyclic amines) is 1. The zero-order chi connectivity index (χ0) is 15.1. The summed E-state index contributed by atoms with van der Waals surface area (Å²) in [7, 11) is 3.77. The van der Waals surface area contributed by atoms with Crippen LogP contribution in [0.4, 0.5) is 0 Å². The first-order chi connectivity index (χ1) is 10.2. The van der Waals surface area contributed by atoms with Gasteiger partial charge in [-0.3, -0.25) is 4.90 Å². The van der Waals surface area contributed by atoms with Gasteiger partial charge in [0.05, 0.1) is 7.11 Å². The molecule has 1 heterocycles. The van der Waals surface area contributed by atoms with Crippen LogP contribution in [0.25, 0.3) is 0 Å². The van der Waals surface area contributed by atoms with Crippen LogP contribution in [0, 0.1) is 0 Å². The van der Waals surface area contributed by atoms with E-state index in [9.17, 15) is 0 Å². The molecule has 1 N–H and O–H groups in total. The Labute approximate surface area is 129 Å². The van der Waals surface area contributed by atoms with Gasteiger partial charge in [0.1, 0.15) is 5.75 Å². The number of rotatable bonds is 7. The van der Waals surface area contributed by atoms with Crippen molar-refractivity contribution in [3.8, 4) is 5.75 Å². The molecule has 0 amide bonds. The highest BCUT2D eigenvalue weighted by atomic mass is 16.5. The summed E-state index contributed by atoms with van der Waals surface area (Å²) in [6.45, 7) is 4.75. The van der Waals surface area contributed by atoms with Crippen molar-refractivity contribution in [2.45, 2.75) is 51.1 Å². The number of hydrogen-bond acceptors (Lipinski definition) is 3. The zero-order valence-corrected chi connectivity index (χ0v) is 13.8. The normalized spacial score (nSPS) is 21.2. The lowest BCUT2D eigenvalue weighted by Gasteiger charge is -2.40. The van der Waals surface area contributed by atoms with Gasteiger partial charge in [-0.2, -0.15) is 0 Å². The molecule has 3 heteroatoms. The molecule has 0 radical (unpaired) electrons. The van der Waals surface area contributed by atoms with Gasteiger partial charge in [-0.15, -0.1) is 0 Å². The van der Waals surface area contributed by atoms with E-state index in [2.05, 4.69) is 41.4 Å². The summed E-state index contributed by atoms with van der Waals surface area (Å²) in [5.41, 5.74) is 1.40. The summed E-state index contributed by atoms with van der Waals surface area (Å²) >= 11 is 0. The maximum Gasteiger partial charge on any atom is 0.118 e. The third-order valence-electron chi connectivity index (χ3n) is 4.66. The summed E-state index contributed by atoms with van der Waals surface area (Å²) in [6.07, 6.45) is 6.49. The van der Waals surface area contributed by atoms with E-state index in [4.69, 9.17) is 4.74 Å². The molecule has 0 aromatic heterocycles. The van der Waals surface area contributed by atoms with Gasteiger partial charge >= 0.3 is 0 Å². The van der Waals surface area contributed by atoms with Crippen LogP contribution in [0.5, 0.6) is 5.75 Å². The monoisotopic (exact) mass is 290 g/mol. The van der Waals surface area contributed by atoms with E-state index in [-0.39, 0.29) is 0 Å². The largest absolute Gasteiger partial charge is 0.497 e. The highest BCUT2D eigenvalue weighted by Crippen LogP contribution is 2.24. The van der Waals surface area contributed by atoms with Crippen molar-refractivity contribution in [1.82, 2.24) is 10.2 Å². The topological polar surface area (TPSA) is 24.5 Å². The number of methoxy groups -OCH3 is 1. The number of piperidine rings is 1. The summed E-state index contributed by atoms with van der Waals surface area (Å²) in [5, 5.41) is 3.30. The van der Waals surface area contributed by atoms with Crippen molar-refractivity contribution in [3.63, 3.8) is 0 Å². The molecule has 0 aliphatic carbocycles. The van der Waals surface area contributed by atoms with E-state index in [1.54, 1.807) is 7.11 Å². The minimum absolute atomic E-state index is 0.612. The van der Waals surface area contributed by atoms with Crippen LogP contribution in [-0.4, -0.2) is 44.2 Å². The van der Waals surface area contributed by atoms with Crippen LogP contribution >= 0.6 is 0 Å². The molecule has 1 aliphatic rings. The molecular weight excluding hydrogens is 260 g/mol. The Morgan fingerprint density at radius 3 is 2.71 bits per heavy atom. The second-order valence-corrected chi connectivity index (χ2v) is 6.18. The molecule has 118 valence electrons. The first-order valence-corrected chi connectivity index (χ1v) is 8.28. The zero-order valence-electron chi connectivity index (χ0n) is 13.8. The predicted molar refractivity (Wildman–Crippen MR) is 89.0 cm³/mol. The average molecular weight is 290 g/mol. The molecule has 21 heavy (non-hydrogen) atoms. The molecule has 1 aromatic rings. The Morgan fingerprint density at radius 1 is 1.29 bits per heavy atom. The second-order valence-electron chi connectivity index (χ2n) is 6.18. The first-order valence-electron chi connectivity index (χ1n) is 8.28. The fraction of sp³-hybridized carbons (Fsp3) is 0.667. The molecule has 1 aromatic carbocycles. The molecule has 2 atom stereocenters. The van der Waals surface area contributed by atoms with Crippen molar-refractivity contribution in [3.05, 3.63) is 29.8 Å². The maximum atomic E-state index is 5.23. The number of nitrogens with one attached hydrogen (secondary N) is 1. The van der Waals surface area contributed by atoms with E-state index in [0.29, 0.717) is 6.04 Å². The van der Waals surface area contributed by atoms with Crippen LogP contribution in [0.1, 0.15) is 38.2 Å². The van der Waals surface area contributed by atoms with Gasteiger partial charge < -0.3 is 10.1 Å². The van der Waals surface area contributed by atoms with E-state index in [0.717, 1.165) is 24.8 Å². The number of ether oxygens (including phenoxy) is 1. The Balaban J connectivity index is 1.94. The Bertz CT molecular complexity index is 404. The van der Waals surface area contributed by atoms with E-state index in [1.807, 2.05) is 7.05 Å². The van der Waals surface area contributed by atoms with Crippen LogP contribution in [0.2, 0.25) is 0 Å². The number of nitrogens with zero attached hydrogens (tertiary/aromatic N) is 1. The van der Waals surface area contributed by atoms with Gasteiger partial charge in [0.15, 0.2) is 0 Å². The number of benzene rings is 1. The standard InChI is InChI=1S/C18H30N2O/c1-15(14-16-7-9-18(21-3)10-8-16)20-13-5-4-6-17(20)11-12-19-2/h7-10,15,17,19H,4-6,11-14H2,1-3H3. The number of hydrogen-bond donors (Lipinski definition) is 1. The maximum absolute atomic E-state index is 5.23. The molecule has 0 saturated carbocycles. The Kier molecular flexibility index (Phi) is 6.52. The highest BCUT2D eigenvalue weighted by molar-refractivity contribution is 5.27. The second kappa shape index (κ2) is 8.40. The van der Waals surface area contributed by atoms with Crippen molar-refractivity contribution in [1.29, 1.82) is 0 Å². The average Bonchev–Trinajstić information content (AvgIpc) is 2.54. The molecule has 1 saturated heterocycles. The van der Waals surface area contributed by atoms with Crippen LogP contribution in [0.15, 0.2) is 24.3 Å². The lowest BCUT2D eigenvalue weighted by molar-refractivity contribution is 0.0971. The summed E-state index contributed by atoms with van der Waals surface area (Å²) < 4.78 is 5.23. The van der Waals surface area contributed by atoms with Crippen LogP contribution in [-0.2, 0) is 6.42 Å². The van der Waals surface area contributed by atoms with E-state index >= 15 is 0 Å². The van der Waals surface area contributed by atoms with E-state index < -0.39 is 0 Å². The SMILES string of the molecule is CNCCC1CCCCN1C(C)Cc1ccc(OC)cc1. The fourth-order valence-corrected chi connectivity index (χ4v) is 3.44. The third kappa shape index (κ3) is 4.72. The van der Waals surface area contributed by atoms with Gasteiger partial charge in [-0.25, -0.2) is 0 Å². The van der Waals surface area contributed by atoms with Gasteiger partial charge in [0.25, 0.3) is 0 Å². The quantitative estimate of drug-likeness (QED) is 0.835. The van der Waals surface area contributed by atoms with Crippen molar-refractivity contribution >= 4 is 0 Å². The van der Waals surface area contributed by atoms with Crippen molar-refractivity contribution in [2.75, 3.05) is 27.2 Å². The van der Waals surface area contributed by atoms with Gasteiger partial charge in [0, 0.05) is 12.1 Å². The molecular formula is C18H30N2O. The molecule has 2 rings (SSSR count). The lowest BCUT2D eigenvalue weighted by Crippen LogP contribution is -2.46. The van der Waals surface area contributed by atoms with Gasteiger partial charge in [-0.1, -0.05) is 18.6 Å². The summed E-state index contributed by atoms with van der Waals surface area (Å²) in [6, 6.07) is 9.89. The third-order valence-corrected chi connectivity index (χ3v) is 4.66. The highest BCUT2D eigenvalue weighted by Gasteiger charge is 2.25. The smallest absolute Gasteiger partial charge is 0.118 e. The van der Waals surface area contributed by atoms with E-state index in [1.165, 1.54) is 37.8 Å². The predicted octanol–water partition coefficient (Wildman–Crippen LogP) is 3.09. The molecule has 0 bridgehead atoms. The van der Waals surface area contributed by atoms with Crippen molar-refractivity contribution in [2.24, 2.45) is 0 Å². The summed E-state index contributed by atoms with van der Waals surface area (Å²) in [4.78, 5) is 2.73.